The quantitative estimate of drug-likeness (QED) is 0.835. The van der Waals surface area contributed by atoms with Gasteiger partial charge in [0.1, 0.15) is 0 Å². The second-order valence-electron chi connectivity index (χ2n) is 5.19. The molecule has 0 aliphatic carbocycles. The summed E-state index contributed by atoms with van der Waals surface area (Å²) in [7, 11) is 1.75. The highest BCUT2D eigenvalue weighted by molar-refractivity contribution is 6.28. The average Bonchev–Trinajstić information content (AvgIpc) is 2.46. The van der Waals surface area contributed by atoms with E-state index in [1.807, 2.05) is 0 Å². The lowest BCUT2D eigenvalue weighted by Gasteiger charge is -2.41. The Balaban J connectivity index is 1.76. The molecule has 2 aliphatic rings. The fourth-order valence-electron chi connectivity index (χ4n) is 2.88. The molecule has 2 unspecified atom stereocenters. The summed E-state index contributed by atoms with van der Waals surface area (Å²) in [6.45, 7) is 1.65. The summed E-state index contributed by atoms with van der Waals surface area (Å²) in [6.07, 6.45) is 2.44. The highest BCUT2D eigenvalue weighted by Gasteiger charge is 2.34. The number of nitrogens with one attached hydrogen (secondary N) is 2. The van der Waals surface area contributed by atoms with Gasteiger partial charge < -0.3 is 15.5 Å². The zero-order valence-corrected chi connectivity index (χ0v) is 12.0. The molecule has 0 saturated carbocycles. The van der Waals surface area contributed by atoms with Crippen molar-refractivity contribution in [3.8, 4) is 0 Å². The second-order valence-corrected chi connectivity index (χ2v) is 5.52. The summed E-state index contributed by atoms with van der Waals surface area (Å²) in [6, 6.07) is 0.286. The molecule has 2 aliphatic heterocycles. The first-order valence-corrected chi connectivity index (χ1v) is 7.17. The maximum Gasteiger partial charge on any atom is 0.231 e. The molecule has 7 nitrogen and oxygen atoms in total. The zero-order valence-electron chi connectivity index (χ0n) is 11.3. The van der Waals surface area contributed by atoms with Gasteiger partial charge in [-0.3, -0.25) is 4.79 Å². The van der Waals surface area contributed by atoms with Crippen LogP contribution in [-0.2, 0) is 4.79 Å². The van der Waals surface area contributed by atoms with Gasteiger partial charge in [0.25, 0.3) is 0 Å². The predicted octanol–water partition coefficient (Wildman–Crippen LogP) is 0.672. The third-order valence-corrected chi connectivity index (χ3v) is 4.09. The van der Waals surface area contributed by atoms with E-state index in [2.05, 4.69) is 30.5 Å². The number of carbonyl (C=O) groups is 1. The van der Waals surface area contributed by atoms with Crippen molar-refractivity contribution in [2.75, 3.05) is 30.4 Å². The van der Waals surface area contributed by atoms with E-state index in [4.69, 9.17) is 11.6 Å². The summed E-state index contributed by atoms with van der Waals surface area (Å²) in [5.41, 5.74) is 0. The molecule has 0 bridgehead atoms. The number of carbonyl (C=O) groups excluding carboxylic acids is 1. The molecule has 20 heavy (non-hydrogen) atoms. The van der Waals surface area contributed by atoms with Crippen molar-refractivity contribution >= 4 is 29.4 Å². The standard InChI is InChI=1S/C12H17ClN6O/c1-14-11-16-10(13)17-12(18-11)19-5-4-8-7(6-19)2-3-9(20)15-8/h7-8H,2-6H2,1H3,(H,15,20)(H,14,16,17,18). The van der Waals surface area contributed by atoms with Crippen LogP contribution in [0.5, 0.6) is 0 Å². The van der Waals surface area contributed by atoms with Crippen molar-refractivity contribution in [2.24, 2.45) is 5.92 Å². The van der Waals surface area contributed by atoms with Gasteiger partial charge in [-0.2, -0.15) is 15.0 Å². The maximum atomic E-state index is 11.4. The van der Waals surface area contributed by atoms with Gasteiger partial charge in [-0.25, -0.2) is 0 Å². The van der Waals surface area contributed by atoms with Crippen LogP contribution in [0.4, 0.5) is 11.9 Å². The van der Waals surface area contributed by atoms with E-state index in [9.17, 15) is 4.79 Å². The molecule has 108 valence electrons. The van der Waals surface area contributed by atoms with Crippen LogP contribution in [0.15, 0.2) is 0 Å². The van der Waals surface area contributed by atoms with E-state index in [0.717, 1.165) is 25.9 Å². The van der Waals surface area contributed by atoms with Crippen LogP contribution in [0, 0.1) is 5.92 Å². The summed E-state index contributed by atoms with van der Waals surface area (Å²) >= 11 is 5.92. The van der Waals surface area contributed by atoms with Gasteiger partial charge in [0.2, 0.25) is 23.1 Å². The molecular weight excluding hydrogens is 280 g/mol. The van der Waals surface area contributed by atoms with Gasteiger partial charge >= 0.3 is 0 Å². The first-order chi connectivity index (χ1) is 9.65. The number of aromatic nitrogens is 3. The fourth-order valence-corrected chi connectivity index (χ4v) is 3.04. The third-order valence-electron chi connectivity index (χ3n) is 3.93. The number of rotatable bonds is 2. The van der Waals surface area contributed by atoms with Gasteiger partial charge in [0.05, 0.1) is 0 Å². The fraction of sp³-hybridized carbons (Fsp3) is 0.667. The molecule has 1 aromatic rings. The minimum atomic E-state index is 0.167. The molecule has 0 radical (unpaired) electrons. The van der Waals surface area contributed by atoms with Crippen LogP contribution >= 0.6 is 11.6 Å². The van der Waals surface area contributed by atoms with Crippen molar-refractivity contribution in [3.63, 3.8) is 0 Å². The Morgan fingerprint density at radius 3 is 3.00 bits per heavy atom. The Kier molecular flexibility index (Phi) is 3.60. The molecule has 8 heteroatoms. The third kappa shape index (κ3) is 2.63. The number of anilines is 2. The SMILES string of the molecule is CNc1nc(Cl)nc(N2CCC3NC(=O)CCC3C2)n1. The van der Waals surface area contributed by atoms with Crippen molar-refractivity contribution < 1.29 is 4.79 Å². The topological polar surface area (TPSA) is 83.0 Å². The predicted molar refractivity (Wildman–Crippen MR) is 75.9 cm³/mol. The lowest BCUT2D eigenvalue weighted by atomic mass is 9.85. The van der Waals surface area contributed by atoms with Crippen molar-refractivity contribution in [1.82, 2.24) is 20.3 Å². The van der Waals surface area contributed by atoms with Gasteiger partial charge in [-0.1, -0.05) is 0 Å². The number of piperidine rings is 2. The van der Waals surface area contributed by atoms with Crippen molar-refractivity contribution in [3.05, 3.63) is 5.28 Å². The van der Waals surface area contributed by atoms with E-state index in [1.165, 1.54) is 0 Å². The molecule has 1 amide bonds. The minimum Gasteiger partial charge on any atom is -0.357 e. The van der Waals surface area contributed by atoms with Gasteiger partial charge in [-0.05, 0) is 30.4 Å². The van der Waals surface area contributed by atoms with E-state index in [1.54, 1.807) is 7.05 Å². The molecule has 2 saturated heterocycles. The molecule has 3 heterocycles. The molecule has 2 N–H and O–H groups in total. The van der Waals surface area contributed by atoms with Gasteiger partial charge in [0.15, 0.2) is 0 Å². The molecule has 2 fully saturated rings. The van der Waals surface area contributed by atoms with E-state index in [-0.39, 0.29) is 17.2 Å². The maximum absolute atomic E-state index is 11.4. The number of fused-ring (bicyclic) bond motifs is 1. The zero-order chi connectivity index (χ0) is 14.1. The minimum absolute atomic E-state index is 0.167. The van der Waals surface area contributed by atoms with E-state index < -0.39 is 0 Å². The first kappa shape index (κ1) is 13.4. The van der Waals surface area contributed by atoms with Crippen LogP contribution in [0.25, 0.3) is 0 Å². The number of hydrogen-bond donors (Lipinski definition) is 2. The monoisotopic (exact) mass is 296 g/mol. The molecule has 3 rings (SSSR count). The summed E-state index contributed by atoms with van der Waals surface area (Å²) < 4.78 is 0. The van der Waals surface area contributed by atoms with Crippen LogP contribution in [0.3, 0.4) is 0 Å². The molecule has 1 aromatic heterocycles. The van der Waals surface area contributed by atoms with Crippen LogP contribution in [0.1, 0.15) is 19.3 Å². The summed E-state index contributed by atoms with van der Waals surface area (Å²) in [5, 5.41) is 6.14. The Labute approximate surface area is 122 Å². The largest absolute Gasteiger partial charge is 0.357 e. The van der Waals surface area contributed by atoms with Crippen molar-refractivity contribution in [2.45, 2.75) is 25.3 Å². The molecule has 0 aromatic carbocycles. The normalized spacial score (nSPS) is 25.9. The lowest BCUT2D eigenvalue weighted by Crippen LogP contribution is -2.54. The average molecular weight is 297 g/mol. The molecule has 2 atom stereocenters. The second kappa shape index (κ2) is 5.40. The Morgan fingerprint density at radius 2 is 2.20 bits per heavy atom. The van der Waals surface area contributed by atoms with Crippen LogP contribution in [-0.4, -0.2) is 47.0 Å². The van der Waals surface area contributed by atoms with E-state index in [0.29, 0.717) is 24.2 Å². The van der Waals surface area contributed by atoms with Gasteiger partial charge in [-0.15, -0.1) is 0 Å². The van der Waals surface area contributed by atoms with Gasteiger partial charge in [0, 0.05) is 32.6 Å². The Morgan fingerprint density at radius 1 is 1.35 bits per heavy atom. The highest BCUT2D eigenvalue weighted by Crippen LogP contribution is 2.27. The summed E-state index contributed by atoms with van der Waals surface area (Å²) in [4.78, 5) is 26.1. The first-order valence-electron chi connectivity index (χ1n) is 6.79. The molecular formula is C12H17ClN6O. The highest BCUT2D eigenvalue weighted by atomic mass is 35.5. The van der Waals surface area contributed by atoms with Crippen LogP contribution in [0.2, 0.25) is 5.28 Å². The number of halogens is 1. The van der Waals surface area contributed by atoms with E-state index >= 15 is 0 Å². The Bertz CT molecular complexity index is 525. The van der Waals surface area contributed by atoms with Crippen molar-refractivity contribution in [1.29, 1.82) is 0 Å². The van der Waals surface area contributed by atoms with Crippen LogP contribution < -0.4 is 15.5 Å². The smallest absolute Gasteiger partial charge is 0.231 e. The lowest BCUT2D eigenvalue weighted by molar-refractivity contribution is -0.124. The number of nitrogens with zero attached hydrogens (tertiary/aromatic N) is 4. The molecule has 0 spiro atoms. The number of amides is 1. The Hall–Kier alpha value is -1.63. The summed E-state index contributed by atoms with van der Waals surface area (Å²) in [5.74, 6) is 1.69. The number of hydrogen-bond acceptors (Lipinski definition) is 6.